The molecular weight excluding hydrogens is 428 g/mol. The number of nitrogens with zero attached hydrogens (tertiary/aromatic N) is 3. The molecular formula is C24H23ClN4O3. The van der Waals surface area contributed by atoms with Crippen LogP contribution in [0.3, 0.4) is 0 Å². The molecule has 1 aliphatic heterocycles. The summed E-state index contributed by atoms with van der Waals surface area (Å²) in [6.07, 6.45) is 6.46. The molecule has 1 unspecified atom stereocenters. The standard InChI is InChI=1S/C24H23ClN4O3/c25-20-7-5-18(6-8-20)24(31)29-14-2-3-19(15-29)23(30)28-22-21(4-1-11-27-22)32-16-17-9-12-26-13-10-17/h1,4-13,19H,2-3,14-16H2,(H,27,28,30). The summed E-state index contributed by atoms with van der Waals surface area (Å²) < 4.78 is 5.86. The van der Waals surface area contributed by atoms with Gasteiger partial charge in [0.15, 0.2) is 11.6 Å². The van der Waals surface area contributed by atoms with Gasteiger partial charge in [0.25, 0.3) is 5.91 Å². The van der Waals surface area contributed by atoms with Crippen LogP contribution in [-0.4, -0.2) is 39.8 Å². The van der Waals surface area contributed by atoms with E-state index in [0.29, 0.717) is 48.3 Å². The predicted molar refractivity (Wildman–Crippen MR) is 122 cm³/mol. The number of aromatic nitrogens is 2. The number of hydrogen-bond acceptors (Lipinski definition) is 5. The average Bonchev–Trinajstić information content (AvgIpc) is 2.84. The fourth-order valence-electron chi connectivity index (χ4n) is 3.61. The number of anilines is 1. The molecule has 32 heavy (non-hydrogen) atoms. The van der Waals surface area contributed by atoms with Crippen molar-refractivity contribution in [3.63, 3.8) is 0 Å². The second-order valence-electron chi connectivity index (χ2n) is 7.58. The summed E-state index contributed by atoms with van der Waals surface area (Å²) in [5.74, 6) is 0.259. The first-order valence-electron chi connectivity index (χ1n) is 10.4. The summed E-state index contributed by atoms with van der Waals surface area (Å²) in [6.45, 7) is 1.31. The summed E-state index contributed by atoms with van der Waals surface area (Å²) in [6, 6.07) is 14.0. The molecule has 0 radical (unpaired) electrons. The first-order chi connectivity index (χ1) is 15.6. The van der Waals surface area contributed by atoms with Crippen LogP contribution in [0.25, 0.3) is 0 Å². The van der Waals surface area contributed by atoms with Gasteiger partial charge in [-0.1, -0.05) is 11.6 Å². The van der Waals surface area contributed by atoms with Crippen LogP contribution < -0.4 is 10.1 Å². The number of nitrogens with one attached hydrogen (secondary N) is 1. The quantitative estimate of drug-likeness (QED) is 0.608. The fraction of sp³-hybridized carbons (Fsp3) is 0.250. The first-order valence-corrected chi connectivity index (χ1v) is 10.8. The molecule has 8 heteroatoms. The van der Waals surface area contributed by atoms with Gasteiger partial charge in [0.2, 0.25) is 5.91 Å². The van der Waals surface area contributed by atoms with E-state index in [4.69, 9.17) is 16.3 Å². The molecule has 1 N–H and O–H groups in total. The number of piperidine rings is 1. The summed E-state index contributed by atoms with van der Waals surface area (Å²) >= 11 is 5.92. The number of halogens is 1. The molecule has 2 amide bonds. The Kier molecular flexibility index (Phi) is 6.97. The predicted octanol–water partition coefficient (Wildman–Crippen LogP) is 4.20. The minimum atomic E-state index is -0.324. The highest BCUT2D eigenvalue weighted by Crippen LogP contribution is 2.25. The Morgan fingerprint density at radius 3 is 2.66 bits per heavy atom. The van der Waals surface area contributed by atoms with Gasteiger partial charge in [-0.3, -0.25) is 14.6 Å². The van der Waals surface area contributed by atoms with Crippen LogP contribution in [0, 0.1) is 5.92 Å². The molecule has 1 atom stereocenters. The number of benzene rings is 1. The minimum Gasteiger partial charge on any atom is -0.485 e. The second kappa shape index (κ2) is 10.2. The zero-order chi connectivity index (χ0) is 22.3. The molecule has 1 fully saturated rings. The Bertz CT molecular complexity index is 1080. The van der Waals surface area contributed by atoms with E-state index in [9.17, 15) is 9.59 Å². The molecule has 7 nitrogen and oxygen atoms in total. The van der Waals surface area contributed by atoms with Crippen LogP contribution in [0.1, 0.15) is 28.8 Å². The molecule has 0 spiro atoms. The Morgan fingerprint density at radius 1 is 1.09 bits per heavy atom. The molecule has 1 saturated heterocycles. The maximum absolute atomic E-state index is 13.0. The van der Waals surface area contributed by atoms with Gasteiger partial charge in [-0.25, -0.2) is 4.98 Å². The molecule has 0 aliphatic carbocycles. The third-order valence-electron chi connectivity index (χ3n) is 5.33. The first kappa shape index (κ1) is 21.8. The highest BCUT2D eigenvalue weighted by atomic mass is 35.5. The van der Waals surface area contributed by atoms with Crippen molar-refractivity contribution >= 4 is 29.2 Å². The van der Waals surface area contributed by atoms with Gasteiger partial charge in [-0.05, 0) is 66.9 Å². The molecule has 4 rings (SSSR count). The monoisotopic (exact) mass is 450 g/mol. The second-order valence-corrected chi connectivity index (χ2v) is 8.02. The number of amides is 2. The van der Waals surface area contributed by atoms with E-state index in [1.165, 1.54) is 0 Å². The van der Waals surface area contributed by atoms with E-state index in [1.807, 2.05) is 12.1 Å². The molecule has 2 aromatic heterocycles. The van der Waals surface area contributed by atoms with Crippen LogP contribution in [0.2, 0.25) is 5.02 Å². The van der Waals surface area contributed by atoms with Crippen LogP contribution in [0.5, 0.6) is 5.75 Å². The Labute approximate surface area is 191 Å². The van der Waals surface area contributed by atoms with Gasteiger partial charge >= 0.3 is 0 Å². The number of carbonyl (C=O) groups is 2. The molecule has 1 aliphatic rings. The SMILES string of the molecule is O=C(Nc1ncccc1OCc1ccncc1)C1CCCN(C(=O)c2ccc(Cl)cc2)C1. The maximum atomic E-state index is 13.0. The van der Waals surface area contributed by atoms with E-state index >= 15 is 0 Å². The van der Waals surface area contributed by atoms with Gasteiger partial charge in [-0.2, -0.15) is 0 Å². The Morgan fingerprint density at radius 2 is 1.88 bits per heavy atom. The number of carbonyl (C=O) groups excluding carboxylic acids is 2. The van der Waals surface area contributed by atoms with E-state index in [-0.39, 0.29) is 17.7 Å². The lowest BCUT2D eigenvalue weighted by Crippen LogP contribution is -2.43. The van der Waals surface area contributed by atoms with Crippen molar-refractivity contribution in [2.45, 2.75) is 19.4 Å². The number of pyridine rings is 2. The lowest BCUT2D eigenvalue weighted by molar-refractivity contribution is -0.121. The minimum absolute atomic E-state index is 0.0987. The average molecular weight is 451 g/mol. The third-order valence-corrected chi connectivity index (χ3v) is 5.58. The zero-order valence-electron chi connectivity index (χ0n) is 17.4. The lowest BCUT2D eigenvalue weighted by atomic mass is 9.96. The summed E-state index contributed by atoms with van der Waals surface area (Å²) in [7, 11) is 0. The van der Waals surface area contributed by atoms with Gasteiger partial charge < -0.3 is 15.0 Å². The van der Waals surface area contributed by atoms with Crippen molar-refractivity contribution < 1.29 is 14.3 Å². The van der Waals surface area contributed by atoms with Crippen molar-refractivity contribution in [1.29, 1.82) is 0 Å². The number of hydrogen-bond donors (Lipinski definition) is 1. The fourth-order valence-corrected chi connectivity index (χ4v) is 3.74. The molecule has 0 saturated carbocycles. The number of likely N-dealkylation sites (tertiary alicyclic amines) is 1. The lowest BCUT2D eigenvalue weighted by Gasteiger charge is -2.32. The highest BCUT2D eigenvalue weighted by molar-refractivity contribution is 6.30. The molecule has 3 aromatic rings. The van der Waals surface area contributed by atoms with Gasteiger partial charge in [-0.15, -0.1) is 0 Å². The van der Waals surface area contributed by atoms with Gasteiger partial charge in [0.1, 0.15) is 6.61 Å². The van der Waals surface area contributed by atoms with Crippen LogP contribution in [-0.2, 0) is 11.4 Å². The van der Waals surface area contributed by atoms with Crippen molar-refractivity contribution in [2.75, 3.05) is 18.4 Å². The normalized spacial score (nSPS) is 15.8. The van der Waals surface area contributed by atoms with E-state index < -0.39 is 0 Å². The molecule has 0 bridgehead atoms. The number of rotatable bonds is 6. The van der Waals surface area contributed by atoms with Crippen molar-refractivity contribution in [3.05, 3.63) is 83.3 Å². The van der Waals surface area contributed by atoms with Gasteiger partial charge in [0.05, 0.1) is 5.92 Å². The highest BCUT2D eigenvalue weighted by Gasteiger charge is 2.29. The Hall–Kier alpha value is -3.45. The summed E-state index contributed by atoms with van der Waals surface area (Å²) in [4.78, 5) is 35.8. The van der Waals surface area contributed by atoms with Crippen molar-refractivity contribution in [3.8, 4) is 5.75 Å². The van der Waals surface area contributed by atoms with Crippen LogP contribution in [0.4, 0.5) is 5.82 Å². The number of ether oxygens (including phenoxy) is 1. The van der Waals surface area contributed by atoms with Crippen molar-refractivity contribution in [1.82, 2.24) is 14.9 Å². The van der Waals surface area contributed by atoms with E-state index in [0.717, 1.165) is 12.0 Å². The topological polar surface area (TPSA) is 84.4 Å². The largest absolute Gasteiger partial charge is 0.485 e. The zero-order valence-corrected chi connectivity index (χ0v) is 18.2. The van der Waals surface area contributed by atoms with Gasteiger partial charge in [0, 0.05) is 42.3 Å². The smallest absolute Gasteiger partial charge is 0.253 e. The summed E-state index contributed by atoms with van der Waals surface area (Å²) in [5.41, 5.74) is 1.52. The molecule has 164 valence electrons. The van der Waals surface area contributed by atoms with Crippen LogP contribution in [0.15, 0.2) is 67.1 Å². The van der Waals surface area contributed by atoms with E-state index in [2.05, 4.69) is 15.3 Å². The van der Waals surface area contributed by atoms with Crippen LogP contribution >= 0.6 is 11.6 Å². The summed E-state index contributed by atoms with van der Waals surface area (Å²) in [5, 5.41) is 3.46. The Balaban J connectivity index is 1.39. The van der Waals surface area contributed by atoms with E-state index in [1.54, 1.807) is 59.9 Å². The third kappa shape index (κ3) is 5.42. The molecule has 1 aromatic carbocycles. The molecule has 3 heterocycles. The maximum Gasteiger partial charge on any atom is 0.253 e. The van der Waals surface area contributed by atoms with Crippen molar-refractivity contribution in [2.24, 2.45) is 5.92 Å².